The molecule has 0 radical (unpaired) electrons. The van der Waals surface area contributed by atoms with Crippen LogP contribution < -0.4 is 5.32 Å². The van der Waals surface area contributed by atoms with E-state index in [0.717, 1.165) is 4.47 Å². The van der Waals surface area contributed by atoms with Gasteiger partial charge in [-0.1, -0.05) is 33.6 Å². The summed E-state index contributed by atoms with van der Waals surface area (Å²) in [6.45, 7) is 0. The number of nitrogens with zero attached hydrogens (tertiary/aromatic N) is 1. The van der Waals surface area contributed by atoms with Gasteiger partial charge in [-0.2, -0.15) is 4.98 Å². The maximum absolute atomic E-state index is 11.9. The molecule has 0 aliphatic heterocycles. The smallest absolute Gasteiger partial charge is 0.302 e. The number of carbonyl (C=O) groups excluding carboxylic acids is 1. The van der Waals surface area contributed by atoms with E-state index in [-0.39, 0.29) is 11.9 Å². The van der Waals surface area contributed by atoms with E-state index >= 15 is 0 Å². The summed E-state index contributed by atoms with van der Waals surface area (Å²) in [5.41, 5.74) is 1.03. The SMILES string of the molecule is O=C(Nc1nc2cc(Br)cc(Cl)c2o1)c1cccs1. The van der Waals surface area contributed by atoms with Crippen LogP contribution in [0.4, 0.5) is 6.01 Å². The molecule has 3 rings (SSSR count). The van der Waals surface area contributed by atoms with Gasteiger partial charge in [0.25, 0.3) is 5.91 Å². The van der Waals surface area contributed by atoms with Crippen molar-refractivity contribution >= 4 is 61.9 Å². The third-order valence-electron chi connectivity index (χ3n) is 2.37. The topological polar surface area (TPSA) is 55.1 Å². The maximum Gasteiger partial charge on any atom is 0.302 e. The molecule has 0 saturated heterocycles. The van der Waals surface area contributed by atoms with Gasteiger partial charge >= 0.3 is 6.01 Å². The Labute approximate surface area is 125 Å². The molecule has 0 saturated carbocycles. The summed E-state index contributed by atoms with van der Waals surface area (Å²) in [7, 11) is 0. The van der Waals surface area contributed by atoms with Crippen LogP contribution in [-0.2, 0) is 0 Å². The summed E-state index contributed by atoms with van der Waals surface area (Å²) in [4.78, 5) is 16.6. The molecule has 0 aliphatic carbocycles. The van der Waals surface area contributed by atoms with E-state index in [0.29, 0.717) is 21.0 Å². The Balaban J connectivity index is 1.94. The van der Waals surface area contributed by atoms with Gasteiger partial charge in [-0.3, -0.25) is 10.1 Å². The van der Waals surface area contributed by atoms with Crippen LogP contribution in [0.25, 0.3) is 11.1 Å². The minimum atomic E-state index is -0.253. The Kier molecular flexibility index (Phi) is 3.30. The fourth-order valence-corrected chi connectivity index (χ4v) is 3.03. The van der Waals surface area contributed by atoms with E-state index in [1.165, 1.54) is 11.3 Å². The fourth-order valence-electron chi connectivity index (χ4n) is 1.58. The molecule has 0 aliphatic rings. The zero-order valence-electron chi connectivity index (χ0n) is 9.31. The number of anilines is 1. The van der Waals surface area contributed by atoms with Crippen molar-refractivity contribution in [1.29, 1.82) is 0 Å². The number of oxazole rings is 1. The number of carbonyl (C=O) groups is 1. The van der Waals surface area contributed by atoms with Gasteiger partial charge in [0.1, 0.15) is 5.52 Å². The molecule has 1 amide bonds. The first-order valence-corrected chi connectivity index (χ1v) is 7.29. The second-order valence-corrected chi connectivity index (χ2v) is 5.96. The number of rotatable bonds is 2. The van der Waals surface area contributed by atoms with Crippen molar-refractivity contribution < 1.29 is 9.21 Å². The van der Waals surface area contributed by atoms with Gasteiger partial charge in [-0.25, -0.2) is 0 Å². The van der Waals surface area contributed by atoms with Gasteiger partial charge in [-0.15, -0.1) is 11.3 Å². The van der Waals surface area contributed by atoms with Gasteiger partial charge in [0.2, 0.25) is 0 Å². The minimum Gasteiger partial charge on any atom is -0.422 e. The highest BCUT2D eigenvalue weighted by Crippen LogP contribution is 2.30. The summed E-state index contributed by atoms with van der Waals surface area (Å²) in [6, 6.07) is 7.14. The lowest BCUT2D eigenvalue weighted by Gasteiger charge is -1.96. The minimum absolute atomic E-state index is 0.133. The number of hydrogen-bond donors (Lipinski definition) is 1. The molecule has 1 N–H and O–H groups in total. The molecule has 96 valence electrons. The average Bonchev–Trinajstić information content (AvgIpc) is 2.96. The fraction of sp³-hybridized carbons (Fsp3) is 0. The van der Waals surface area contributed by atoms with E-state index in [1.807, 2.05) is 5.38 Å². The molecule has 2 aromatic heterocycles. The van der Waals surface area contributed by atoms with E-state index in [1.54, 1.807) is 24.3 Å². The van der Waals surface area contributed by atoms with E-state index in [9.17, 15) is 4.79 Å². The van der Waals surface area contributed by atoms with Crippen LogP contribution in [0.1, 0.15) is 9.67 Å². The Morgan fingerprint density at radius 2 is 2.32 bits per heavy atom. The summed E-state index contributed by atoms with van der Waals surface area (Å²) < 4.78 is 6.23. The average molecular weight is 358 g/mol. The Hall–Kier alpha value is -1.37. The molecule has 3 aromatic rings. The van der Waals surface area contributed by atoms with E-state index in [4.69, 9.17) is 16.0 Å². The third kappa shape index (κ3) is 2.51. The number of thiophene rings is 1. The number of halogens is 2. The molecule has 1 aromatic carbocycles. The lowest BCUT2D eigenvalue weighted by atomic mass is 10.3. The van der Waals surface area contributed by atoms with Crippen LogP contribution in [-0.4, -0.2) is 10.9 Å². The molecule has 4 nitrogen and oxygen atoms in total. The van der Waals surface area contributed by atoms with Crippen LogP contribution in [0.2, 0.25) is 5.02 Å². The first-order chi connectivity index (χ1) is 9.13. The monoisotopic (exact) mass is 356 g/mol. The number of aromatic nitrogens is 1. The largest absolute Gasteiger partial charge is 0.422 e. The first kappa shape index (κ1) is 12.7. The molecule has 19 heavy (non-hydrogen) atoms. The van der Waals surface area contributed by atoms with E-state index < -0.39 is 0 Å². The highest BCUT2D eigenvalue weighted by atomic mass is 79.9. The second-order valence-electron chi connectivity index (χ2n) is 3.69. The van der Waals surface area contributed by atoms with Crippen LogP contribution in [0.15, 0.2) is 38.5 Å². The van der Waals surface area contributed by atoms with Crippen LogP contribution in [0.3, 0.4) is 0 Å². The molecule has 0 spiro atoms. The molecule has 0 fully saturated rings. The predicted molar refractivity (Wildman–Crippen MR) is 79.0 cm³/mol. The van der Waals surface area contributed by atoms with Crippen molar-refractivity contribution in [3.05, 3.63) is 44.0 Å². The highest BCUT2D eigenvalue weighted by molar-refractivity contribution is 9.10. The van der Waals surface area contributed by atoms with Gasteiger partial charge in [0, 0.05) is 4.47 Å². The second kappa shape index (κ2) is 4.96. The van der Waals surface area contributed by atoms with Crippen LogP contribution in [0, 0.1) is 0 Å². The third-order valence-corrected chi connectivity index (χ3v) is 3.98. The number of hydrogen-bond acceptors (Lipinski definition) is 4. The predicted octanol–water partition coefficient (Wildman–Crippen LogP) is 4.56. The van der Waals surface area contributed by atoms with Crippen molar-refractivity contribution in [3.63, 3.8) is 0 Å². The van der Waals surface area contributed by atoms with Crippen molar-refractivity contribution in [2.45, 2.75) is 0 Å². The zero-order chi connectivity index (χ0) is 13.4. The number of nitrogens with one attached hydrogen (secondary N) is 1. The molecule has 2 heterocycles. The quantitative estimate of drug-likeness (QED) is 0.731. The Morgan fingerprint density at radius 1 is 1.47 bits per heavy atom. The van der Waals surface area contributed by atoms with Gasteiger partial charge in [0.05, 0.1) is 9.90 Å². The van der Waals surface area contributed by atoms with Crippen molar-refractivity contribution in [3.8, 4) is 0 Å². The van der Waals surface area contributed by atoms with Crippen LogP contribution in [0.5, 0.6) is 0 Å². The van der Waals surface area contributed by atoms with Crippen molar-refractivity contribution in [2.75, 3.05) is 5.32 Å². The van der Waals surface area contributed by atoms with Gasteiger partial charge in [0.15, 0.2) is 5.58 Å². The first-order valence-electron chi connectivity index (χ1n) is 5.24. The molecule has 0 bridgehead atoms. The van der Waals surface area contributed by atoms with Crippen molar-refractivity contribution in [2.24, 2.45) is 0 Å². The Bertz CT molecular complexity index is 755. The van der Waals surface area contributed by atoms with Gasteiger partial charge in [-0.05, 0) is 23.6 Å². The highest BCUT2D eigenvalue weighted by Gasteiger charge is 2.14. The van der Waals surface area contributed by atoms with Crippen LogP contribution >= 0.6 is 38.9 Å². The van der Waals surface area contributed by atoms with Crippen molar-refractivity contribution in [1.82, 2.24) is 4.98 Å². The summed E-state index contributed by atoms with van der Waals surface area (Å²) in [5.74, 6) is -0.253. The number of amides is 1. The zero-order valence-corrected chi connectivity index (χ0v) is 12.5. The molecule has 7 heteroatoms. The standard InChI is InChI=1S/C12H6BrClN2O2S/c13-6-4-7(14)10-8(5-6)15-12(18-10)16-11(17)9-2-1-3-19-9/h1-5H,(H,15,16,17). The number of benzene rings is 1. The normalized spacial score (nSPS) is 10.8. The Morgan fingerprint density at radius 3 is 3.05 bits per heavy atom. The molecular formula is C12H6BrClN2O2S. The lowest BCUT2D eigenvalue weighted by Crippen LogP contribution is -2.10. The number of fused-ring (bicyclic) bond motifs is 1. The lowest BCUT2D eigenvalue weighted by molar-refractivity contribution is 0.102. The molecular weight excluding hydrogens is 352 g/mol. The summed E-state index contributed by atoms with van der Waals surface area (Å²) in [6.07, 6.45) is 0. The summed E-state index contributed by atoms with van der Waals surface area (Å²) >= 11 is 10.7. The maximum atomic E-state index is 11.9. The van der Waals surface area contributed by atoms with Gasteiger partial charge < -0.3 is 4.42 Å². The summed E-state index contributed by atoms with van der Waals surface area (Å²) in [5, 5.41) is 4.87. The van der Waals surface area contributed by atoms with E-state index in [2.05, 4.69) is 26.2 Å². The molecule has 0 atom stereocenters. The molecule has 0 unspecified atom stereocenters.